The van der Waals surface area contributed by atoms with E-state index in [0.717, 1.165) is 47.9 Å². The summed E-state index contributed by atoms with van der Waals surface area (Å²) in [5, 5.41) is 12.7. The Hall–Kier alpha value is -3.48. The van der Waals surface area contributed by atoms with Crippen molar-refractivity contribution < 1.29 is 13.5 Å². The number of anilines is 1. The van der Waals surface area contributed by atoms with Crippen LogP contribution in [-0.2, 0) is 0 Å². The van der Waals surface area contributed by atoms with Crippen LogP contribution >= 0.6 is 0 Å². The van der Waals surface area contributed by atoms with Gasteiger partial charge in [-0.15, -0.1) is 5.10 Å². The molecule has 0 aliphatic heterocycles. The molecule has 7 heteroatoms. The van der Waals surface area contributed by atoms with Gasteiger partial charge in [0.05, 0.1) is 12.6 Å². The van der Waals surface area contributed by atoms with Crippen molar-refractivity contribution in [2.45, 2.75) is 44.6 Å². The highest BCUT2D eigenvalue weighted by Gasteiger charge is 2.28. The summed E-state index contributed by atoms with van der Waals surface area (Å²) in [6.07, 6.45) is 6.12. The molecule has 0 bridgehead atoms. The van der Waals surface area contributed by atoms with Gasteiger partial charge in [-0.05, 0) is 98.5 Å². The normalized spacial score (nSPS) is 19.4. The quantitative estimate of drug-likeness (QED) is 0.380. The first-order valence-corrected chi connectivity index (χ1v) is 11.4. The van der Waals surface area contributed by atoms with Crippen molar-refractivity contribution in [2.75, 3.05) is 12.4 Å². The van der Waals surface area contributed by atoms with Gasteiger partial charge in [0.1, 0.15) is 11.6 Å². The molecule has 5 rings (SSSR count). The van der Waals surface area contributed by atoms with Crippen molar-refractivity contribution in [1.82, 2.24) is 15.2 Å². The van der Waals surface area contributed by atoms with Crippen LogP contribution in [0.15, 0.2) is 59.1 Å². The van der Waals surface area contributed by atoms with Crippen LogP contribution in [0.2, 0.25) is 0 Å². The first-order chi connectivity index (χ1) is 16.1. The fourth-order valence-electron chi connectivity index (χ4n) is 4.87. The Bertz CT molecular complexity index is 1230. The third kappa shape index (κ3) is 4.53. The van der Waals surface area contributed by atoms with Crippen molar-refractivity contribution in [3.8, 4) is 17.2 Å². The zero-order valence-corrected chi connectivity index (χ0v) is 18.8. The Labute approximate surface area is 192 Å². The maximum Gasteiger partial charge on any atom is 0.315 e. The Balaban J connectivity index is 1.21. The second-order valence-corrected chi connectivity index (χ2v) is 8.75. The van der Waals surface area contributed by atoms with Crippen LogP contribution in [0.3, 0.4) is 0 Å². The minimum Gasteiger partial charge on any atom is -0.497 e. The fraction of sp³-hybridized carbons (Fsp3) is 0.346. The molecule has 1 atom stereocenters. The van der Waals surface area contributed by atoms with E-state index in [1.54, 1.807) is 19.2 Å². The number of ether oxygens (including phenoxy) is 1. The number of halogens is 1. The maximum atomic E-state index is 13.8. The van der Waals surface area contributed by atoms with Crippen molar-refractivity contribution in [3.63, 3.8) is 0 Å². The molecule has 2 aromatic carbocycles. The van der Waals surface area contributed by atoms with E-state index in [1.807, 2.05) is 36.5 Å². The van der Waals surface area contributed by atoms with Gasteiger partial charge in [0.15, 0.2) is 0 Å². The first-order valence-electron chi connectivity index (χ1n) is 11.4. The summed E-state index contributed by atoms with van der Waals surface area (Å²) in [7, 11) is 1.64. The molecule has 2 heterocycles. The molecule has 1 fully saturated rings. The minimum atomic E-state index is -0.211. The van der Waals surface area contributed by atoms with Crippen LogP contribution < -0.4 is 10.1 Å². The number of hydrogen-bond acceptors (Lipinski definition) is 6. The molecule has 0 saturated heterocycles. The predicted molar refractivity (Wildman–Crippen MR) is 126 cm³/mol. The Morgan fingerprint density at radius 3 is 2.58 bits per heavy atom. The summed E-state index contributed by atoms with van der Waals surface area (Å²) < 4.78 is 24.9. The van der Waals surface area contributed by atoms with Gasteiger partial charge in [-0.2, -0.15) is 0 Å². The average Bonchev–Trinajstić information content (AvgIpc) is 3.32. The Morgan fingerprint density at radius 1 is 1.03 bits per heavy atom. The Morgan fingerprint density at radius 2 is 1.82 bits per heavy atom. The van der Waals surface area contributed by atoms with Crippen molar-refractivity contribution >= 4 is 16.9 Å². The van der Waals surface area contributed by atoms with E-state index in [-0.39, 0.29) is 11.9 Å². The van der Waals surface area contributed by atoms with Gasteiger partial charge in [0.2, 0.25) is 5.89 Å². The molecule has 6 nitrogen and oxygen atoms in total. The van der Waals surface area contributed by atoms with Crippen LogP contribution in [0.5, 0.6) is 5.75 Å². The van der Waals surface area contributed by atoms with Gasteiger partial charge < -0.3 is 14.5 Å². The van der Waals surface area contributed by atoms with Crippen LogP contribution in [0.4, 0.5) is 10.4 Å². The van der Waals surface area contributed by atoms with Gasteiger partial charge in [-0.3, -0.25) is 4.98 Å². The molecule has 1 aliphatic carbocycles. The van der Waals surface area contributed by atoms with Crippen molar-refractivity contribution in [2.24, 2.45) is 5.92 Å². The van der Waals surface area contributed by atoms with E-state index < -0.39 is 0 Å². The summed E-state index contributed by atoms with van der Waals surface area (Å²) in [6, 6.07) is 15.1. The molecular weight excluding hydrogens is 419 g/mol. The molecule has 0 unspecified atom stereocenters. The molecule has 0 spiro atoms. The molecule has 33 heavy (non-hydrogen) atoms. The summed E-state index contributed by atoms with van der Waals surface area (Å²) in [5.41, 5.74) is 2.92. The van der Waals surface area contributed by atoms with Crippen molar-refractivity contribution in [1.29, 1.82) is 0 Å². The highest BCUT2D eigenvalue weighted by Crippen LogP contribution is 2.40. The highest BCUT2D eigenvalue weighted by atomic mass is 19.1. The topological polar surface area (TPSA) is 73.1 Å². The third-order valence-corrected chi connectivity index (χ3v) is 6.77. The second kappa shape index (κ2) is 9.17. The summed E-state index contributed by atoms with van der Waals surface area (Å²) in [6.45, 7) is 2.17. The molecule has 2 aromatic heterocycles. The van der Waals surface area contributed by atoms with Gasteiger partial charge in [0.25, 0.3) is 0 Å². The number of benzene rings is 2. The molecular formula is C26H27FN4O2. The summed E-state index contributed by atoms with van der Waals surface area (Å²) >= 11 is 0. The lowest BCUT2D eigenvalue weighted by atomic mass is 9.75. The molecule has 170 valence electrons. The zero-order valence-electron chi connectivity index (χ0n) is 18.8. The van der Waals surface area contributed by atoms with Gasteiger partial charge in [0, 0.05) is 23.2 Å². The van der Waals surface area contributed by atoms with E-state index >= 15 is 0 Å². The van der Waals surface area contributed by atoms with Gasteiger partial charge in [-0.1, -0.05) is 5.10 Å². The number of hydrogen-bond donors (Lipinski definition) is 1. The number of nitrogens with one attached hydrogen (secondary N) is 1. The Kier molecular flexibility index (Phi) is 5.94. The van der Waals surface area contributed by atoms with Crippen LogP contribution in [0, 0.1) is 11.7 Å². The summed E-state index contributed by atoms with van der Waals surface area (Å²) in [5.74, 6) is 1.98. The number of fused-ring (bicyclic) bond motifs is 1. The SMILES string of the molecule is COc1ccc(-c2nnc(N[C@@H](C)C3CCC(c4ccnc5ccc(F)cc45)CC3)o2)cc1. The highest BCUT2D eigenvalue weighted by molar-refractivity contribution is 5.82. The minimum absolute atomic E-state index is 0.210. The zero-order chi connectivity index (χ0) is 22.8. The van der Waals surface area contributed by atoms with E-state index in [1.165, 1.54) is 11.6 Å². The number of methoxy groups -OCH3 is 1. The lowest BCUT2D eigenvalue weighted by Crippen LogP contribution is -2.29. The van der Waals surface area contributed by atoms with Crippen molar-refractivity contribution in [3.05, 3.63) is 66.1 Å². The van der Waals surface area contributed by atoms with Crippen LogP contribution in [0.1, 0.15) is 44.1 Å². The molecule has 1 N–H and O–H groups in total. The third-order valence-electron chi connectivity index (χ3n) is 6.77. The van der Waals surface area contributed by atoms with E-state index in [9.17, 15) is 4.39 Å². The monoisotopic (exact) mass is 446 g/mol. The molecule has 0 amide bonds. The van der Waals surface area contributed by atoms with Gasteiger partial charge >= 0.3 is 6.01 Å². The van der Waals surface area contributed by atoms with E-state index in [4.69, 9.17) is 9.15 Å². The molecule has 4 aromatic rings. The number of aromatic nitrogens is 3. The van der Waals surface area contributed by atoms with Crippen LogP contribution in [-0.4, -0.2) is 28.3 Å². The first kappa shape index (κ1) is 21.4. The number of rotatable bonds is 6. The molecule has 0 radical (unpaired) electrons. The smallest absolute Gasteiger partial charge is 0.315 e. The lowest BCUT2D eigenvalue weighted by Gasteiger charge is -2.32. The number of nitrogens with zero attached hydrogens (tertiary/aromatic N) is 3. The van der Waals surface area contributed by atoms with E-state index in [2.05, 4.69) is 27.4 Å². The van der Waals surface area contributed by atoms with Crippen LogP contribution in [0.25, 0.3) is 22.4 Å². The largest absolute Gasteiger partial charge is 0.497 e. The molecule has 1 aliphatic rings. The lowest BCUT2D eigenvalue weighted by molar-refractivity contribution is 0.299. The fourth-order valence-corrected chi connectivity index (χ4v) is 4.87. The average molecular weight is 447 g/mol. The second-order valence-electron chi connectivity index (χ2n) is 8.75. The summed E-state index contributed by atoms with van der Waals surface area (Å²) in [4.78, 5) is 4.39. The standard InChI is InChI=1S/C26H27FN4O2/c1-16(29-26-31-30-25(33-26)19-7-10-21(32-2)11-8-19)17-3-5-18(6-4-17)22-13-14-28-24-12-9-20(27)15-23(22)24/h7-18H,3-6H2,1-2H3,(H,29,31)/t16-,17?,18?/m0/s1. The maximum absolute atomic E-state index is 13.8. The number of pyridine rings is 1. The van der Waals surface area contributed by atoms with Gasteiger partial charge in [-0.25, -0.2) is 4.39 Å². The van der Waals surface area contributed by atoms with E-state index in [0.29, 0.717) is 23.7 Å². The molecule has 1 saturated carbocycles. The predicted octanol–water partition coefficient (Wildman–Crippen LogP) is 6.21.